The van der Waals surface area contributed by atoms with E-state index in [-0.39, 0.29) is 11.8 Å². The van der Waals surface area contributed by atoms with Gasteiger partial charge in [0.05, 0.1) is 0 Å². The van der Waals surface area contributed by atoms with E-state index in [2.05, 4.69) is 23.2 Å². The Labute approximate surface area is 137 Å². The number of hydrogen-bond acceptors (Lipinski definition) is 4. The van der Waals surface area contributed by atoms with Crippen LogP contribution in [-0.2, 0) is 4.79 Å². The van der Waals surface area contributed by atoms with Gasteiger partial charge in [-0.1, -0.05) is 5.92 Å². The third kappa shape index (κ3) is 4.11. The van der Waals surface area contributed by atoms with E-state index >= 15 is 0 Å². The van der Waals surface area contributed by atoms with Crippen LogP contribution in [0.2, 0.25) is 0 Å². The minimum absolute atomic E-state index is 0.00504. The normalized spacial score (nSPS) is 19.1. The van der Waals surface area contributed by atoms with Gasteiger partial charge in [-0.15, -0.1) is 6.42 Å². The van der Waals surface area contributed by atoms with E-state index < -0.39 is 5.91 Å². The predicted octanol–water partition coefficient (Wildman–Crippen LogP) is 1.61. The molecule has 2 rings (SSSR count). The van der Waals surface area contributed by atoms with E-state index in [1.807, 2.05) is 6.92 Å². The van der Waals surface area contributed by atoms with Gasteiger partial charge in [-0.2, -0.15) is 0 Å². The number of benzene rings is 1. The summed E-state index contributed by atoms with van der Waals surface area (Å²) in [4.78, 5) is 14.6. The lowest BCUT2D eigenvalue weighted by Gasteiger charge is -2.23. The molecular weight excluding hydrogens is 288 g/mol. The topological polar surface area (TPSA) is 82.2 Å². The Morgan fingerprint density at radius 3 is 2.96 bits per heavy atom. The Bertz CT molecular complexity index is 647. The van der Waals surface area contributed by atoms with E-state index in [9.17, 15) is 4.79 Å². The lowest BCUT2D eigenvalue weighted by molar-refractivity contribution is -0.115. The van der Waals surface area contributed by atoms with Crippen LogP contribution in [0, 0.1) is 17.8 Å². The van der Waals surface area contributed by atoms with Crippen LogP contribution in [0.4, 0.5) is 5.69 Å². The summed E-state index contributed by atoms with van der Waals surface area (Å²) < 4.78 is 0. The number of nitrogens with two attached hydrogens (primary N) is 1. The molecule has 2 atom stereocenters. The SMILES string of the molecule is C#Cc1ccc(N)c(C(=N)C(=O)NC(C)CC2CCCN2C)c1. The van der Waals surface area contributed by atoms with Crippen molar-refractivity contribution in [2.45, 2.75) is 38.3 Å². The first-order chi connectivity index (χ1) is 10.9. The highest BCUT2D eigenvalue weighted by Gasteiger charge is 2.24. The number of nitrogens with one attached hydrogen (secondary N) is 2. The molecule has 122 valence electrons. The largest absolute Gasteiger partial charge is 0.398 e. The second kappa shape index (κ2) is 7.30. The van der Waals surface area contributed by atoms with Crippen LogP contribution < -0.4 is 11.1 Å². The molecule has 0 radical (unpaired) electrons. The maximum atomic E-state index is 12.3. The summed E-state index contributed by atoms with van der Waals surface area (Å²) in [5.74, 6) is 2.08. The number of rotatable bonds is 5. The first kappa shape index (κ1) is 17.0. The number of carbonyl (C=O) groups excluding carboxylic acids is 1. The highest BCUT2D eigenvalue weighted by atomic mass is 16.1. The monoisotopic (exact) mass is 312 g/mol. The third-order valence-electron chi connectivity index (χ3n) is 4.39. The van der Waals surface area contributed by atoms with Crippen LogP contribution in [0.5, 0.6) is 0 Å². The lowest BCUT2D eigenvalue weighted by Crippen LogP contribution is -2.41. The van der Waals surface area contributed by atoms with Crippen LogP contribution in [0.15, 0.2) is 18.2 Å². The second-order valence-electron chi connectivity index (χ2n) is 6.21. The van der Waals surface area contributed by atoms with E-state index in [0.717, 1.165) is 19.4 Å². The lowest BCUT2D eigenvalue weighted by atomic mass is 10.0. The van der Waals surface area contributed by atoms with Gasteiger partial charge in [0.25, 0.3) is 5.91 Å². The van der Waals surface area contributed by atoms with Crippen LogP contribution in [0.3, 0.4) is 0 Å². The van der Waals surface area contributed by atoms with Gasteiger partial charge in [-0.3, -0.25) is 10.2 Å². The Morgan fingerprint density at radius 1 is 1.61 bits per heavy atom. The average Bonchev–Trinajstić information content (AvgIpc) is 2.92. The molecule has 0 bridgehead atoms. The summed E-state index contributed by atoms with van der Waals surface area (Å²) in [5.41, 5.74) is 7.08. The van der Waals surface area contributed by atoms with Gasteiger partial charge in [0.2, 0.25) is 0 Å². The molecular formula is C18H24N4O. The summed E-state index contributed by atoms with van der Waals surface area (Å²) in [6.07, 6.45) is 8.61. The van der Waals surface area contributed by atoms with Gasteiger partial charge in [0, 0.05) is 28.9 Å². The van der Waals surface area contributed by atoms with Crippen molar-refractivity contribution in [2.75, 3.05) is 19.3 Å². The molecule has 1 aromatic rings. The fourth-order valence-corrected chi connectivity index (χ4v) is 3.02. The van der Waals surface area contributed by atoms with Crippen molar-refractivity contribution in [2.24, 2.45) is 0 Å². The van der Waals surface area contributed by atoms with Gasteiger partial charge in [0.1, 0.15) is 5.71 Å². The maximum Gasteiger partial charge on any atom is 0.270 e. The Balaban J connectivity index is 2.00. The minimum Gasteiger partial charge on any atom is -0.398 e. The van der Waals surface area contributed by atoms with Crippen molar-refractivity contribution in [3.63, 3.8) is 0 Å². The van der Waals surface area contributed by atoms with Gasteiger partial charge < -0.3 is 16.0 Å². The van der Waals surface area contributed by atoms with Crippen molar-refractivity contribution in [1.82, 2.24) is 10.2 Å². The summed E-state index contributed by atoms with van der Waals surface area (Å²) in [5, 5.41) is 11.0. The number of hydrogen-bond donors (Lipinski definition) is 3. The van der Waals surface area contributed by atoms with Crippen molar-refractivity contribution in [3.05, 3.63) is 29.3 Å². The zero-order valence-electron chi connectivity index (χ0n) is 13.7. The molecule has 5 nitrogen and oxygen atoms in total. The smallest absolute Gasteiger partial charge is 0.270 e. The molecule has 2 unspecified atom stereocenters. The number of terminal acetylenes is 1. The van der Waals surface area contributed by atoms with Gasteiger partial charge in [-0.05, 0) is 58.0 Å². The van der Waals surface area contributed by atoms with Crippen molar-refractivity contribution < 1.29 is 4.79 Å². The Morgan fingerprint density at radius 2 is 2.35 bits per heavy atom. The van der Waals surface area contributed by atoms with Crippen LogP contribution in [-0.4, -0.2) is 42.2 Å². The van der Waals surface area contributed by atoms with Gasteiger partial charge >= 0.3 is 0 Å². The molecule has 1 aromatic carbocycles. The molecule has 0 spiro atoms. The first-order valence-corrected chi connectivity index (χ1v) is 7.88. The van der Waals surface area contributed by atoms with Crippen LogP contribution in [0.25, 0.3) is 0 Å². The van der Waals surface area contributed by atoms with Crippen LogP contribution >= 0.6 is 0 Å². The summed E-state index contributed by atoms with van der Waals surface area (Å²) in [6, 6.07) is 5.43. The molecule has 1 amide bonds. The summed E-state index contributed by atoms with van der Waals surface area (Å²) in [7, 11) is 2.11. The molecule has 0 saturated carbocycles. The van der Waals surface area contributed by atoms with E-state index in [1.54, 1.807) is 18.2 Å². The number of carbonyl (C=O) groups is 1. The minimum atomic E-state index is -0.418. The van der Waals surface area contributed by atoms with Gasteiger partial charge in [0.15, 0.2) is 0 Å². The fraction of sp³-hybridized carbons (Fsp3) is 0.444. The Kier molecular flexibility index (Phi) is 5.41. The molecule has 1 aliphatic heterocycles. The standard InChI is InChI=1S/C18H24N4O/c1-4-13-7-8-16(19)15(11-13)17(20)18(23)21-12(2)10-14-6-5-9-22(14)3/h1,7-8,11-12,14,20H,5-6,9-10,19H2,2-3H3,(H,21,23). The molecule has 4 N–H and O–H groups in total. The molecule has 0 aromatic heterocycles. The molecule has 1 fully saturated rings. The highest BCUT2D eigenvalue weighted by molar-refractivity contribution is 6.45. The van der Waals surface area contributed by atoms with Crippen LogP contribution in [0.1, 0.15) is 37.3 Å². The first-order valence-electron chi connectivity index (χ1n) is 7.88. The van der Waals surface area contributed by atoms with E-state index in [0.29, 0.717) is 22.9 Å². The number of amides is 1. The molecule has 1 aliphatic rings. The predicted molar refractivity (Wildman–Crippen MR) is 93.5 cm³/mol. The van der Waals surface area contributed by atoms with Crippen molar-refractivity contribution in [3.8, 4) is 12.3 Å². The average molecular weight is 312 g/mol. The molecule has 1 saturated heterocycles. The quantitative estimate of drug-likeness (QED) is 0.439. The molecule has 0 aliphatic carbocycles. The summed E-state index contributed by atoms with van der Waals surface area (Å²) in [6.45, 7) is 3.08. The fourth-order valence-electron chi connectivity index (χ4n) is 3.02. The highest BCUT2D eigenvalue weighted by Crippen LogP contribution is 2.19. The van der Waals surface area contributed by atoms with E-state index in [4.69, 9.17) is 17.6 Å². The Hall–Kier alpha value is -2.32. The number of nitrogen functional groups attached to an aromatic ring is 1. The third-order valence-corrected chi connectivity index (χ3v) is 4.39. The molecule has 1 heterocycles. The zero-order valence-corrected chi connectivity index (χ0v) is 13.7. The maximum absolute atomic E-state index is 12.3. The number of nitrogens with zero attached hydrogens (tertiary/aromatic N) is 1. The van der Waals surface area contributed by atoms with E-state index in [1.165, 1.54) is 6.42 Å². The van der Waals surface area contributed by atoms with Gasteiger partial charge in [-0.25, -0.2) is 0 Å². The summed E-state index contributed by atoms with van der Waals surface area (Å²) >= 11 is 0. The number of likely N-dealkylation sites (tertiary alicyclic amines) is 1. The number of anilines is 1. The second-order valence-corrected chi connectivity index (χ2v) is 6.21. The van der Waals surface area contributed by atoms with Crippen molar-refractivity contribution in [1.29, 1.82) is 5.41 Å². The molecule has 5 heteroatoms. The molecule has 23 heavy (non-hydrogen) atoms. The zero-order chi connectivity index (χ0) is 17.0. The van der Waals surface area contributed by atoms with Crippen molar-refractivity contribution >= 4 is 17.3 Å².